The second-order valence-corrected chi connectivity index (χ2v) is 8.16. The number of esters is 1. The van der Waals surface area contributed by atoms with Crippen LogP contribution in [0.3, 0.4) is 0 Å². The van der Waals surface area contributed by atoms with Crippen LogP contribution in [0, 0.1) is 10.1 Å². The lowest BCUT2D eigenvalue weighted by Gasteiger charge is -2.05. The zero-order valence-electron chi connectivity index (χ0n) is 16.7. The fourth-order valence-corrected chi connectivity index (χ4v) is 3.83. The van der Waals surface area contributed by atoms with Gasteiger partial charge < -0.3 is 10.1 Å². The van der Waals surface area contributed by atoms with E-state index in [0.29, 0.717) is 26.3 Å². The van der Waals surface area contributed by atoms with Crippen molar-refractivity contribution in [2.24, 2.45) is 4.99 Å². The Balaban J connectivity index is 1.45. The third kappa shape index (κ3) is 5.46. The molecule has 1 heterocycles. The third-order valence-corrected chi connectivity index (χ3v) is 5.58. The van der Waals surface area contributed by atoms with Crippen LogP contribution in [0.5, 0.6) is 5.75 Å². The molecule has 164 valence electrons. The predicted molar refractivity (Wildman–Crippen MR) is 127 cm³/mol. The number of nitro benzene ring substituents is 1. The number of carbonyl (C=O) groups is 2. The number of nitro groups is 1. The number of halogens is 1. The fourth-order valence-electron chi connectivity index (χ4n) is 2.86. The molecule has 1 aliphatic heterocycles. The number of nitrogens with one attached hydrogen (secondary N) is 1. The lowest BCUT2D eigenvalue weighted by molar-refractivity contribution is -0.385. The molecular weight excluding hydrogens is 466 g/mol. The molecule has 0 saturated carbocycles. The summed E-state index contributed by atoms with van der Waals surface area (Å²) >= 11 is 7.06. The van der Waals surface area contributed by atoms with Crippen molar-refractivity contribution in [3.63, 3.8) is 0 Å². The summed E-state index contributed by atoms with van der Waals surface area (Å²) in [7, 11) is 0. The number of amides is 1. The smallest absolute Gasteiger partial charge is 0.350 e. The van der Waals surface area contributed by atoms with Crippen LogP contribution in [0.2, 0.25) is 5.02 Å². The molecule has 0 spiro atoms. The van der Waals surface area contributed by atoms with E-state index in [0.717, 1.165) is 0 Å². The standard InChI is InChI=1S/C23H14ClN3O5S/c24-15-7-9-16(10-8-15)25-23-26-21(28)20(33-23)13-14-5-11-17(12-6-14)32-22(29)18-3-1-2-4-19(18)27(30)31/h1-13H,(H,25,26,28)/b20-13-. The van der Waals surface area contributed by atoms with Crippen molar-refractivity contribution >= 4 is 57.9 Å². The first-order valence-electron chi connectivity index (χ1n) is 9.50. The molecule has 0 atom stereocenters. The van der Waals surface area contributed by atoms with E-state index < -0.39 is 10.9 Å². The van der Waals surface area contributed by atoms with Gasteiger partial charge in [-0.1, -0.05) is 35.9 Å². The lowest BCUT2D eigenvalue weighted by Crippen LogP contribution is -2.19. The number of ether oxygens (including phenoxy) is 1. The van der Waals surface area contributed by atoms with Crippen molar-refractivity contribution in [2.75, 3.05) is 0 Å². The molecule has 1 aliphatic rings. The Morgan fingerprint density at radius 2 is 1.76 bits per heavy atom. The number of hydrogen-bond donors (Lipinski definition) is 1. The van der Waals surface area contributed by atoms with E-state index in [-0.39, 0.29) is 22.9 Å². The Bertz CT molecular complexity index is 1300. The lowest BCUT2D eigenvalue weighted by atomic mass is 10.2. The van der Waals surface area contributed by atoms with E-state index in [9.17, 15) is 19.7 Å². The molecule has 1 N–H and O–H groups in total. The molecule has 0 bridgehead atoms. The number of thioether (sulfide) groups is 1. The largest absolute Gasteiger partial charge is 0.423 e. The molecule has 1 fully saturated rings. The van der Waals surface area contributed by atoms with E-state index in [1.807, 2.05) is 0 Å². The molecule has 10 heteroatoms. The van der Waals surface area contributed by atoms with E-state index in [1.54, 1.807) is 54.6 Å². The maximum Gasteiger partial charge on any atom is 0.350 e. The van der Waals surface area contributed by atoms with Gasteiger partial charge in [0.25, 0.3) is 11.6 Å². The quantitative estimate of drug-likeness (QED) is 0.173. The minimum Gasteiger partial charge on any atom is -0.423 e. The summed E-state index contributed by atoms with van der Waals surface area (Å²) in [6.45, 7) is 0. The van der Waals surface area contributed by atoms with Gasteiger partial charge in [0, 0.05) is 11.1 Å². The van der Waals surface area contributed by atoms with Crippen molar-refractivity contribution in [3.05, 3.63) is 104 Å². The minimum atomic E-state index is -0.831. The molecule has 0 aliphatic carbocycles. The highest BCUT2D eigenvalue weighted by atomic mass is 35.5. The summed E-state index contributed by atoms with van der Waals surface area (Å²) in [5.74, 6) is -0.893. The first kappa shape index (κ1) is 22.3. The summed E-state index contributed by atoms with van der Waals surface area (Å²) in [6.07, 6.45) is 1.68. The topological polar surface area (TPSA) is 111 Å². The average Bonchev–Trinajstić information content (AvgIpc) is 3.15. The number of amidine groups is 1. The summed E-state index contributed by atoms with van der Waals surface area (Å²) in [6, 6.07) is 18.9. The minimum absolute atomic E-state index is 0.139. The van der Waals surface area contributed by atoms with Gasteiger partial charge in [-0.25, -0.2) is 9.79 Å². The number of carbonyl (C=O) groups excluding carboxylic acids is 2. The van der Waals surface area contributed by atoms with E-state index in [4.69, 9.17) is 16.3 Å². The first-order valence-corrected chi connectivity index (χ1v) is 10.7. The Morgan fingerprint density at radius 1 is 1.06 bits per heavy atom. The predicted octanol–water partition coefficient (Wildman–Crippen LogP) is 5.36. The van der Waals surface area contributed by atoms with E-state index >= 15 is 0 Å². The highest BCUT2D eigenvalue weighted by molar-refractivity contribution is 8.18. The maximum atomic E-state index is 12.3. The van der Waals surface area contributed by atoms with Gasteiger partial charge in [-0.2, -0.15) is 0 Å². The van der Waals surface area contributed by atoms with Gasteiger partial charge in [0.05, 0.1) is 15.5 Å². The SMILES string of the molecule is O=C1NC(=Nc2ccc(Cl)cc2)S/C1=C\c1ccc(OC(=O)c2ccccc2[N+](=O)[O-])cc1. The van der Waals surface area contributed by atoms with Gasteiger partial charge in [0.15, 0.2) is 5.17 Å². The molecular formula is C23H14ClN3O5S. The molecule has 0 aromatic heterocycles. The average molecular weight is 480 g/mol. The van der Waals surface area contributed by atoms with Crippen LogP contribution >= 0.6 is 23.4 Å². The number of para-hydroxylation sites is 1. The molecule has 8 nitrogen and oxygen atoms in total. The van der Waals surface area contributed by atoms with Crippen LogP contribution in [-0.4, -0.2) is 22.0 Å². The molecule has 33 heavy (non-hydrogen) atoms. The normalized spacial score (nSPS) is 15.5. The Kier molecular flexibility index (Phi) is 6.53. The van der Waals surface area contributed by atoms with Gasteiger partial charge in [0.1, 0.15) is 11.3 Å². The zero-order valence-corrected chi connectivity index (χ0v) is 18.3. The van der Waals surface area contributed by atoms with Crippen molar-refractivity contribution in [2.45, 2.75) is 0 Å². The van der Waals surface area contributed by atoms with Crippen LogP contribution in [0.1, 0.15) is 15.9 Å². The molecule has 0 unspecified atom stereocenters. The zero-order chi connectivity index (χ0) is 23.4. The summed E-state index contributed by atoms with van der Waals surface area (Å²) in [4.78, 5) is 39.9. The second kappa shape index (κ2) is 9.68. The highest BCUT2D eigenvalue weighted by Gasteiger charge is 2.24. The first-order chi connectivity index (χ1) is 15.9. The Morgan fingerprint density at radius 3 is 2.45 bits per heavy atom. The summed E-state index contributed by atoms with van der Waals surface area (Å²) < 4.78 is 5.25. The van der Waals surface area contributed by atoms with Crippen LogP contribution < -0.4 is 10.1 Å². The second-order valence-electron chi connectivity index (χ2n) is 6.69. The van der Waals surface area contributed by atoms with Crippen LogP contribution in [0.25, 0.3) is 6.08 Å². The van der Waals surface area contributed by atoms with Gasteiger partial charge in [-0.15, -0.1) is 0 Å². The molecule has 1 amide bonds. The summed E-state index contributed by atoms with van der Waals surface area (Å²) in [5, 5.41) is 14.8. The van der Waals surface area contributed by atoms with Crippen LogP contribution in [-0.2, 0) is 4.79 Å². The molecule has 1 saturated heterocycles. The van der Waals surface area contributed by atoms with E-state index in [1.165, 1.54) is 36.0 Å². The van der Waals surface area contributed by atoms with Crippen molar-refractivity contribution in [3.8, 4) is 5.75 Å². The van der Waals surface area contributed by atoms with Crippen molar-refractivity contribution in [1.29, 1.82) is 0 Å². The fraction of sp³-hybridized carbons (Fsp3) is 0. The van der Waals surface area contributed by atoms with Crippen molar-refractivity contribution < 1.29 is 19.2 Å². The molecule has 0 radical (unpaired) electrons. The van der Waals surface area contributed by atoms with E-state index in [2.05, 4.69) is 10.3 Å². The number of hydrogen-bond acceptors (Lipinski definition) is 7. The Hall–Kier alpha value is -3.95. The third-order valence-electron chi connectivity index (χ3n) is 4.42. The summed E-state index contributed by atoms with van der Waals surface area (Å²) in [5.41, 5.74) is 0.892. The van der Waals surface area contributed by atoms with Gasteiger partial charge in [0.2, 0.25) is 0 Å². The monoisotopic (exact) mass is 479 g/mol. The van der Waals surface area contributed by atoms with Crippen LogP contribution in [0.4, 0.5) is 11.4 Å². The number of nitrogens with zero attached hydrogens (tertiary/aromatic N) is 2. The molecule has 3 aromatic carbocycles. The number of rotatable bonds is 5. The van der Waals surface area contributed by atoms with Gasteiger partial charge >= 0.3 is 5.97 Å². The maximum absolute atomic E-state index is 12.3. The highest BCUT2D eigenvalue weighted by Crippen LogP contribution is 2.29. The van der Waals surface area contributed by atoms with Crippen LogP contribution in [0.15, 0.2) is 82.7 Å². The number of benzene rings is 3. The van der Waals surface area contributed by atoms with Gasteiger partial charge in [-0.3, -0.25) is 14.9 Å². The molecule has 4 rings (SSSR count). The number of aliphatic imine (C=N–C) groups is 1. The van der Waals surface area contributed by atoms with Gasteiger partial charge in [-0.05, 0) is 65.9 Å². The Labute approximate surface area is 197 Å². The van der Waals surface area contributed by atoms with Crippen molar-refractivity contribution in [1.82, 2.24) is 5.32 Å². The molecule has 3 aromatic rings.